The Hall–Kier alpha value is -0.470. The number of hydrogen-bond acceptors (Lipinski definition) is 0. The van der Waals surface area contributed by atoms with Gasteiger partial charge in [-0.25, -0.2) is 0 Å². The molecule has 0 aromatic rings. The third-order valence-corrected chi connectivity index (χ3v) is 1.24. The molecule has 0 atom stereocenters. The Morgan fingerprint density at radius 2 is 1.90 bits per heavy atom. The quantitative estimate of drug-likeness (QED) is 0.532. The first-order valence-corrected chi connectivity index (χ1v) is 3.18. The van der Waals surface area contributed by atoms with Crippen LogP contribution in [0.5, 0.6) is 0 Å². The zero-order valence-electron chi connectivity index (χ0n) is 6.13. The maximum Gasteiger partial charge on any atom is 0.392 e. The first kappa shape index (κ1) is 9.53. The zero-order chi connectivity index (χ0) is 8.20. The minimum absolute atomic E-state index is 0.691. The number of rotatable bonds is 2. The molecule has 0 radical (unpaired) electrons. The first-order valence-electron chi connectivity index (χ1n) is 3.18. The smallest absolute Gasteiger partial charge is 0.171 e. The fourth-order valence-electron chi connectivity index (χ4n) is 0.434. The highest BCUT2D eigenvalue weighted by Crippen LogP contribution is 2.20. The Bertz CT molecular complexity index is 121. The largest absolute Gasteiger partial charge is 0.392 e. The van der Waals surface area contributed by atoms with E-state index in [9.17, 15) is 13.2 Å². The summed E-state index contributed by atoms with van der Waals surface area (Å²) in [5.41, 5.74) is 0.789. The van der Waals surface area contributed by atoms with Crippen molar-refractivity contribution in [3.8, 4) is 0 Å². The van der Waals surface area contributed by atoms with Gasteiger partial charge in [-0.05, 0) is 13.3 Å². The van der Waals surface area contributed by atoms with Crippen LogP contribution in [0.15, 0.2) is 11.6 Å². The van der Waals surface area contributed by atoms with Gasteiger partial charge in [0.1, 0.15) is 0 Å². The highest BCUT2D eigenvalue weighted by molar-refractivity contribution is 4.97. The van der Waals surface area contributed by atoms with Gasteiger partial charge in [-0.15, -0.1) is 0 Å². The van der Waals surface area contributed by atoms with Crippen LogP contribution in [0.1, 0.15) is 26.7 Å². The summed E-state index contributed by atoms with van der Waals surface area (Å²) in [6, 6.07) is 0. The van der Waals surface area contributed by atoms with Crippen LogP contribution in [0.4, 0.5) is 13.2 Å². The average molecular weight is 152 g/mol. The molecule has 3 heteroatoms. The third kappa shape index (κ3) is 5.66. The molecule has 0 nitrogen and oxygen atoms in total. The van der Waals surface area contributed by atoms with E-state index in [2.05, 4.69) is 0 Å². The Morgan fingerprint density at radius 3 is 2.20 bits per heavy atom. The van der Waals surface area contributed by atoms with Crippen molar-refractivity contribution in [1.82, 2.24) is 0 Å². The summed E-state index contributed by atoms with van der Waals surface area (Å²) in [6.07, 6.45) is -2.93. The molecule has 0 bridgehead atoms. The molecule has 0 aromatic carbocycles. The molecular formula is C7H11F3. The van der Waals surface area contributed by atoms with Gasteiger partial charge in [-0.1, -0.05) is 18.6 Å². The van der Waals surface area contributed by atoms with E-state index in [-0.39, 0.29) is 0 Å². The van der Waals surface area contributed by atoms with Crippen LogP contribution in [-0.4, -0.2) is 6.18 Å². The van der Waals surface area contributed by atoms with E-state index in [0.29, 0.717) is 6.42 Å². The lowest BCUT2D eigenvalue weighted by molar-refractivity contribution is -0.125. The lowest BCUT2D eigenvalue weighted by atomic mass is 10.2. The maximum atomic E-state index is 11.5. The molecule has 0 fully saturated rings. The van der Waals surface area contributed by atoms with Crippen LogP contribution in [0, 0.1) is 0 Å². The Balaban J connectivity index is 3.73. The molecular weight excluding hydrogens is 141 g/mol. The van der Waals surface area contributed by atoms with Gasteiger partial charge in [0, 0.05) is 0 Å². The summed E-state index contributed by atoms with van der Waals surface area (Å²) in [7, 11) is 0. The zero-order valence-corrected chi connectivity index (χ0v) is 6.13. The fourth-order valence-corrected chi connectivity index (χ4v) is 0.434. The molecule has 0 spiro atoms. The molecule has 0 rings (SSSR count). The van der Waals surface area contributed by atoms with Crippen molar-refractivity contribution in [2.45, 2.75) is 32.9 Å². The van der Waals surface area contributed by atoms with E-state index in [1.54, 1.807) is 6.92 Å². The Kier molecular flexibility index (Phi) is 3.47. The molecule has 0 aliphatic carbocycles. The van der Waals surface area contributed by atoms with Crippen molar-refractivity contribution in [2.75, 3.05) is 0 Å². The summed E-state index contributed by atoms with van der Waals surface area (Å²) in [5, 5.41) is 0. The predicted molar refractivity (Wildman–Crippen MR) is 34.7 cm³/mol. The average Bonchev–Trinajstić information content (AvgIpc) is 1.81. The summed E-state index contributed by atoms with van der Waals surface area (Å²) in [6.45, 7) is 3.54. The van der Waals surface area contributed by atoms with Crippen LogP contribution in [-0.2, 0) is 0 Å². The van der Waals surface area contributed by atoms with Gasteiger partial charge < -0.3 is 0 Å². The molecule has 0 saturated carbocycles. The predicted octanol–water partition coefficient (Wildman–Crippen LogP) is 3.30. The summed E-state index contributed by atoms with van der Waals surface area (Å²) >= 11 is 0. The molecule has 0 N–H and O–H groups in total. The second kappa shape index (κ2) is 3.64. The summed E-state index contributed by atoms with van der Waals surface area (Å²) in [4.78, 5) is 0. The van der Waals surface area contributed by atoms with E-state index >= 15 is 0 Å². The van der Waals surface area contributed by atoms with Crippen molar-refractivity contribution in [3.05, 3.63) is 11.6 Å². The van der Waals surface area contributed by atoms with Crippen LogP contribution in [0.2, 0.25) is 0 Å². The lowest BCUT2D eigenvalue weighted by Crippen LogP contribution is -2.04. The number of alkyl halides is 3. The van der Waals surface area contributed by atoms with Gasteiger partial charge in [-0.2, -0.15) is 13.2 Å². The second-order valence-electron chi connectivity index (χ2n) is 2.22. The summed E-state index contributed by atoms with van der Waals surface area (Å²) in [5.74, 6) is 0. The number of allylic oxidation sites excluding steroid dienone is 2. The van der Waals surface area contributed by atoms with Gasteiger partial charge >= 0.3 is 6.18 Å². The number of halogens is 3. The van der Waals surface area contributed by atoms with Gasteiger partial charge in [0.15, 0.2) is 0 Å². The molecule has 0 heterocycles. The van der Waals surface area contributed by atoms with Crippen molar-refractivity contribution in [1.29, 1.82) is 0 Å². The van der Waals surface area contributed by atoms with Crippen LogP contribution in [0.25, 0.3) is 0 Å². The molecule has 0 aromatic heterocycles. The van der Waals surface area contributed by atoms with Crippen molar-refractivity contribution >= 4 is 0 Å². The van der Waals surface area contributed by atoms with Crippen molar-refractivity contribution < 1.29 is 13.2 Å². The van der Waals surface area contributed by atoms with Crippen molar-refractivity contribution in [2.24, 2.45) is 0 Å². The fraction of sp³-hybridized carbons (Fsp3) is 0.714. The normalized spacial score (nSPS) is 13.9. The lowest BCUT2D eigenvalue weighted by Gasteiger charge is -2.01. The first-order chi connectivity index (χ1) is 4.45. The van der Waals surface area contributed by atoms with E-state index in [4.69, 9.17) is 0 Å². The molecule has 10 heavy (non-hydrogen) atoms. The van der Waals surface area contributed by atoms with E-state index in [1.807, 2.05) is 6.92 Å². The highest BCUT2D eigenvalue weighted by atomic mass is 19.4. The van der Waals surface area contributed by atoms with Crippen LogP contribution < -0.4 is 0 Å². The minimum Gasteiger partial charge on any atom is -0.171 e. The van der Waals surface area contributed by atoms with Gasteiger partial charge in [-0.3, -0.25) is 0 Å². The monoisotopic (exact) mass is 152 g/mol. The topological polar surface area (TPSA) is 0 Å². The molecule has 0 aliphatic heterocycles. The van der Waals surface area contributed by atoms with E-state index in [0.717, 1.165) is 5.57 Å². The van der Waals surface area contributed by atoms with Gasteiger partial charge in [0.05, 0.1) is 6.42 Å². The standard InChI is InChI=1S/C7H11F3/c1-3-6(2)4-5-7(8,9)10/h4H,3,5H2,1-2H3/b6-4+. The van der Waals surface area contributed by atoms with Crippen LogP contribution >= 0.6 is 0 Å². The van der Waals surface area contributed by atoms with E-state index < -0.39 is 12.6 Å². The minimum atomic E-state index is -4.05. The molecule has 0 unspecified atom stereocenters. The summed E-state index contributed by atoms with van der Waals surface area (Å²) < 4.78 is 34.5. The second-order valence-corrected chi connectivity index (χ2v) is 2.22. The van der Waals surface area contributed by atoms with E-state index in [1.165, 1.54) is 6.08 Å². The maximum absolute atomic E-state index is 11.5. The Morgan fingerprint density at radius 1 is 1.40 bits per heavy atom. The van der Waals surface area contributed by atoms with Crippen molar-refractivity contribution in [3.63, 3.8) is 0 Å². The molecule has 60 valence electrons. The van der Waals surface area contributed by atoms with Gasteiger partial charge in [0.2, 0.25) is 0 Å². The Labute approximate surface area is 58.7 Å². The van der Waals surface area contributed by atoms with Crippen LogP contribution in [0.3, 0.4) is 0 Å². The SMILES string of the molecule is CC/C(C)=C/CC(F)(F)F. The molecule has 0 amide bonds. The third-order valence-electron chi connectivity index (χ3n) is 1.24. The molecule has 0 saturated heterocycles. The van der Waals surface area contributed by atoms with Gasteiger partial charge in [0.25, 0.3) is 0 Å². The molecule has 0 aliphatic rings. The number of hydrogen-bond donors (Lipinski definition) is 0. The highest BCUT2D eigenvalue weighted by Gasteiger charge is 2.24.